The SMILES string of the molecule is CC1(C)CCN(c2nc(C(=O)CCl)cs2)CCS1. The van der Waals surface area contributed by atoms with Crippen molar-refractivity contribution in [2.45, 2.75) is 25.0 Å². The van der Waals surface area contributed by atoms with E-state index in [1.54, 1.807) is 0 Å². The molecular weight excluding hydrogens is 288 g/mol. The van der Waals surface area contributed by atoms with Gasteiger partial charge in [-0.15, -0.1) is 22.9 Å². The third-order valence-electron chi connectivity index (χ3n) is 3.01. The largest absolute Gasteiger partial charge is 0.347 e. The molecule has 6 heteroatoms. The van der Waals surface area contributed by atoms with Crippen LogP contribution in [0.4, 0.5) is 5.13 Å². The summed E-state index contributed by atoms with van der Waals surface area (Å²) in [6, 6.07) is 0. The Labute approximate surface area is 121 Å². The Morgan fingerprint density at radius 3 is 3.06 bits per heavy atom. The van der Waals surface area contributed by atoms with E-state index in [4.69, 9.17) is 11.6 Å². The molecule has 0 unspecified atom stereocenters. The molecule has 2 rings (SSSR count). The average molecular weight is 305 g/mol. The maximum absolute atomic E-state index is 11.5. The Bertz CT molecular complexity index is 433. The fraction of sp³-hybridized carbons (Fsp3) is 0.667. The molecule has 0 aromatic carbocycles. The van der Waals surface area contributed by atoms with Crippen LogP contribution in [0.3, 0.4) is 0 Å². The highest BCUT2D eigenvalue weighted by atomic mass is 35.5. The molecule has 0 amide bonds. The molecule has 1 aliphatic rings. The van der Waals surface area contributed by atoms with Crippen LogP contribution in [0.15, 0.2) is 5.38 Å². The van der Waals surface area contributed by atoms with E-state index in [2.05, 4.69) is 23.7 Å². The lowest BCUT2D eigenvalue weighted by Crippen LogP contribution is -2.26. The van der Waals surface area contributed by atoms with E-state index in [1.807, 2.05) is 17.1 Å². The zero-order valence-corrected chi connectivity index (χ0v) is 13.0. The fourth-order valence-electron chi connectivity index (χ4n) is 1.82. The Morgan fingerprint density at radius 2 is 2.33 bits per heavy atom. The number of Topliss-reactive ketones (excluding diaryl/α,β-unsaturated/α-hetero) is 1. The molecule has 0 bridgehead atoms. The van der Waals surface area contributed by atoms with Gasteiger partial charge in [-0.2, -0.15) is 11.8 Å². The molecule has 2 heterocycles. The van der Waals surface area contributed by atoms with Crippen LogP contribution in [0.5, 0.6) is 0 Å². The lowest BCUT2D eigenvalue weighted by molar-refractivity contribution is 0.101. The highest BCUT2D eigenvalue weighted by molar-refractivity contribution is 8.00. The lowest BCUT2D eigenvalue weighted by Gasteiger charge is -2.22. The van der Waals surface area contributed by atoms with E-state index in [0.29, 0.717) is 10.4 Å². The molecule has 1 aromatic heterocycles. The molecule has 1 aliphatic heterocycles. The number of hydrogen-bond acceptors (Lipinski definition) is 5. The van der Waals surface area contributed by atoms with E-state index in [0.717, 1.165) is 30.4 Å². The van der Waals surface area contributed by atoms with Crippen LogP contribution in [0.1, 0.15) is 30.8 Å². The van der Waals surface area contributed by atoms with Crippen molar-refractivity contribution in [3.63, 3.8) is 0 Å². The maximum atomic E-state index is 11.5. The Balaban J connectivity index is 2.07. The average Bonchev–Trinajstić information content (AvgIpc) is 2.74. The van der Waals surface area contributed by atoms with Crippen molar-refractivity contribution in [3.8, 4) is 0 Å². The molecule has 1 fully saturated rings. The highest BCUT2D eigenvalue weighted by Crippen LogP contribution is 2.33. The maximum Gasteiger partial charge on any atom is 0.196 e. The highest BCUT2D eigenvalue weighted by Gasteiger charge is 2.25. The zero-order valence-electron chi connectivity index (χ0n) is 10.6. The van der Waals surface area contributed by atoms with Gasteiger partial charge in [0.25, 0.3) is 0 Å². The molecule has 0 atom stereocenters. The molecule has 1 saturated heterocycles. The first kappa shape index (κ1) is 14.2. The van der Waals surface area contributed by atoms with Gasteiger partial charge in [0.05, 0.1) is 5.88 Å². The number of thioether (sulfide) groups is 1. The topological polar surface area (TPSA) is 33.2 Å². The van der Waals surface area contributed by atoms with Gasteiger partial charge in [0.2, 0.25) is 0 Å². The third-order valence-corrected chi connectivity index (χ3v) is 5.52. The van der Waals surface area contributed by atoms with Crippen LogP contribution < -0.4 is 4.90 Å². The van der Waals surface area contributed by atoms with Crippen molar-refractivity contribution < 1.29 is 4.79 Å². The van der Waals surface area contributed by atoms with Gasteiger partial charge >= 0.3 is 0 Å². The minimum atomic E-state index is -0.0938. The molecule has 3 nitrogen and oxygen atoms in total. The van der Waals surface area contributed by atoms with Gasteiger partial charge in [0, 0.05) is 29.0 Å². The van der Waals surface area contributed by atoms with Crippen molar-refractivity contribution in [1.82, 2.24) is 4.98 Å². The Hall–Kier alpha value is -0.260. The predicted octanol–water partition coefficient (Wildman–Crippen LogP) is 3.29. The predicted molar refractivity (Wildman–Crippen MR) is 80.5 cm³/mol. The lowest BCUT2D eigenvalue weighted by atomic mass is 10.1. The van der Waals surface area contributed by atoms with Crippen LogP contribution in [-0.4, -0.2) is 40.2 Å². The van der Waals surface area contributed by atoms with Gasteiger partial charge in [-0.3, -0.25) is 4.79 Å². The standard InChI is InChI=1S/C12H17ClN2OS2/c1-12(2)3-4-15(5-6-18-12)11-14-9(8-17-11)10(16)7-13/h8H,3-7H2,1-2H3. The number of carbonyl (C=O) groups excluding carboxylic acids is 1. The van der Waals surface area contributed by atoms with Crippen molar-refractivity contribution in [2.75, 3.05) is 29.6 Å². The molecule has 18 heavy (non-hydrogen) atoms. The van der Waals surface area contributed by atoms with Crippen LogP contribution in [-0.2, 0) is 0 Å². The van der Waals surface area contributed by atoms with Crippen molar-refractivity contribution in [2.24, 2.45) is 0 Å². The number of hydrogen-bond donors (Lipinski definition) is 0. The molecule has 0 saturated carbocycles. The second-order valence-corrected chi connectivity index (χ2v) is 7.82. The molecular formula is C12H17ClN2OS2. The molecule has 0 spiro atoms. The van der Waals surface area contributed by atoms with E-state index >= 15 is 0 Å². The van der Waals surface area contributed by atoms with Gasteiger partial charge in [0.15, 0.2) is 10.9 Å². The Morgan fingerprint density at radius 1 is 1.56 bits per heavy atom. The van der Waals surface area contributed by atoms with Gasteiger partial charge < -0.3 is 4.90 Å². The summed E-state index contributed by atoms with van der Waals surface area (Å²) in [5.41, 5.74) is 0.501. The second kappa shape index (κ2) is 5.80. The Kier molecular flexibility index (Phi) is 4.56. The van der Waals surface area contributed by atoms with E-state index in [1.165, 1.54) is 11.3 Å². The van der Waals surface area contributed by atoms with E-state index in [-0.39, 0.29) is 11.7 Å². The fourth-order valence-corrected chi connectivity index (χ4v) is 3.94. The summed E-state index contributed by atoms with van der Waals surface area (Å²) in [4.78, 5) is 18.1. The smallest absolute Gasteiger partial charge is 0.196 e. The molecule has 0 radical (unpaired) electrons. The van der Waals surface area contributed by atoms with Crippen molar-refractivity contribution >= 4 is 45.6 Å². The second-order valence-electron chi connectivity index (χ2n) is 4.92. The van der Waals surface area contributed by atoms with Gasteiger partial charge in [-0.1, -0.05) is 13.8 Å². The molecule has 100 valence electrons. The number of aromatic nitrogens is 1. The number of anilines is 1. The number of carbonyl (C=O) groups is 1. The minimum Gasteiger partial charge on any atom is -0.347 e. The number of rotatable bonds is 3. The van der Waals surface area contributed by atoms with E-state index in [9.17, 15) is 4.79 Å². The zero-order chi connectivity index (χ0) is 13.2. The molecule has 0 N–H and O–H groups in total. The number of halogens is 1. The summed E-state index contributed by atoms with van der Waals surface area (Å²) in [7, 11) is 0. The normalized spacial score (nSPS) is 19.6. The molecule has 1 aromatic rings. The van der Waals surface area contributed by atoms with E-state index < -0.39 is 0 Å². The quantitative estimate of drug-likeness (QED) is 0.634. The van der Waals surface area contributed by atoms with Gasteiger partial charge in [0.1, 0.15) is 5.69 Å². The minimum absolute atomic E-state index is 0.00601. The number of ketones is 1. The monoisotopic (exact) mass is 304 g/mol. The van der Waals surface area contributed by atoms with Crippen LogP contribution in [0.25, 0.3) is 0 Å². The van der Waals surface area contributed by atoms with Crippen LogP contribution >= 0.6 is 34.7 Å². The number of thiazole rings is 1. The van der Waals surface area contributed by atoms with Crippen LogP contribution in [0, 0.1) is 0 Å². The summed E-state index contributed by atoms with van der Waals surface area (Å²) in [5.74, 6) is 1.01. The number of nitrogens with zero attached hydrogens (tertiary/aromatic N) is 2. The summed E-state index contributed by atoms with van der Waals surface area (Å²) in [6.07, 6.45) is 1.13. The van der Waals surface area contributed by atoms with Crippen molar-refractivity contribution in [3.05, 3.63) is 11.1 Å². The number of alkyl halides is 1. The summed E-state index contributed by atoms with van der Waals surface area (Å²) in [6.45, 7) is 6.56. The molecule has 0 aliphatic carbocycles. The summed E-state index contributed by atoms with van der Waals surface area (Å²) < 4.78 is 0.334. The summed E-state index contributed by atoms with van der Waals surface area (Å²) >= 11 is 9.08. The first-order valence-electron chi connectivity index (χ1n) is 5.95. The first-order valence-corrected chi connectivity index (χ1v) is 8.35. The van der Waals surface area contributed by atoms with Crippen LogP contribution in [0.2, 0.25) is 0 Å². The van der Waals surface area contributed by atoms with Gasteiger partial charge in [-0.25, -0.2) is 4.98 Å². The van der Waals surface area contributed by atoms with Gasteiger partial charge in [-0.05, 0) is 6.42 Å². The first-order chi connectivity index (χ1) is 8.52. The summed E-state index contributed by atoms with van der Waals surface area (Å²) in [5, 5.41) is 2.75. The third kappa shape index (κ3) is 3.39. The van der Waals surface area contributed by atoms with Crippen molar-refractivity contribution in [1.29, 1.82) is 0 Å².